The van der Waals surface area contributed by atoms with Crippen molar-refractivity contribution in [2.45, 2.75) is 12.0 Å². The van der Waals surface area contributed by atoms with Gasteiger partial charge in [0.15, 0.2) is 0 Å². The molecule has 0 bridgehead atoms. The second-order valence-electron chi connectivity index (χ2n) is 6.12. The molecule has 1 heterocycles. The molecule has 0 aromatic heterocycles. The maximum absolute atomic E-state index is 6.21. The highest BCUT2D eigenvalue weighted by Crippen LogP contribution is 2.35. The van der Waals surface area contributed by atoms with E-state index in [1.165, 1.54) is 21.9 Å². The number of hydrogen-bond donors (Lipinski definition) is 1. The van der Waals surface area contributed by atoms with Crippen LogP contribution in [-0.4, -0.2) is 19.7 Å². The van der Waals surface area contributed by atoms with Crippen LogP contribution in [0, 0.1) is 0 Å². The molecule has 1 N–H and O–H groups in total. The zero-order valence-electron chi connectivity index (χ0n) is 13.1. The molecule has 2 nitrogen and oxygen atoms in total. The molecule has 1 aliphatic heterocycles. The number of nitrogens with one attached hydrogen (secondary N) is 1. The zero-order valence-corrected chi connectivity index (χ0v) is 13.1. The van der Waals surface area contributed by atoms with E-state index >= 15 is 0 Å². The van der Waals surface area contributed by atoms with E-state index in [2.05, 4.69) is 78.1 Å². The van der Waals surface area contributed by atoms with E-state index in [1.54, 1.807) is 0 Å². The molecule has 116 valence electrons. The van der Waals surface area contributed by atoms with Crippen LogP contribution in [0.4, 0.5) is 0 Å². The Morgan fingerprint density at radius 3 is 2.43 bits per heavy atom. The summed E-state index contributed by atoms with van der Waals surface area (Å²) in [6.07, 6.45) is 0.104. The second-order valence-corrected chi connectivity index (χ2v) is 6.12. The lowest BCUT2D eigenvalue weighted by molar-refractivity contribution is 0.0515. The van der Waals surface area contributed by atoms with Crippen molar-refractivity contribution < 1.29 is 4.74 Å². The number of fused-ring (bicyclic) bond motifs is 1. The molecular weight excluding hydrogens is 282 g/mol. The maximum Gasteiger partial charge on any atom is 0.0906 e. The molecule has 3 aromatic carbocycles. The largest absolute Gasteiger partial charge is 0.372 e. The predicted molar refractivity (Wildman–Crippen MR) is 94.7 cm³/mol. The molecule has 1 fully saturated rings. The van der Waals surface area contributed by atoms with Crippen molar-refractivity contribution in [3.8, 4) is 0 Å². The summed E-state index contributed by atoms with van der Waals surface area (Å²) < 4.78 is 6.21. The van der Waals surface area contributed by atoms with Crippen LogP contribution in [0.2, 0.25) is 0 Å². The molecule has 1 aliphatic rings. The Morgan fingerprint density at radius 2 is 1.57 bits per heavy atom. The number of benzene rings is 3. The minimum Gasteiger partial charge on any atom is -0.372 e. The topological polar surface area (TPSA) is 21.3 Å². The molecule has 0 spiro atoms. The SMILES string of the molecule is c1ccc(C2OCCNC[C@H]2c2ccc3ccccc3c2)cc1. The Balaban J connectivity index is 1.75. The summed E-state index contributed by atoms with van der Waals surface area (Å²) in [7, 11) is 0. The summed E-state index contributed by atoms with van der Waals surface area (Å²) in [5.41, 5.74) is 2.60. The Hall–Kier alpha value is -2.16. The lowest BCUT2D eigenvalue weighted by Crippen LogP contribution is -2.23. The van der Waals surface area contributed by atoms with Crippen LogP contribution in [0.1, 0.15) is 23.1 Å². The van der Waals surface area contributed by atoms with Gasteiger partial charge < -0.3 is 10.1 Å². The lowest BCUT2D eigenvalue weighted by atomic mass is 9.88. The monoisotopic (exact) mass is 303 g/mol. The minimum atomic E-state index is 0.104. The van der Waals surface area contributed by atoms with E-state index in [0.717, 1.165) is 19.7 Å². The fraction of sp³-hybridized carbons (Fsp3) is 0.238. The number of rotatable bonds is 2. The van der Waals surface area contributed by atoms with E-state index in [4.69, 9.17) is 4.74 Å². The van der Waals surface area contributed by atoms with Crippen molar-refractivity contribution in [3.05, 3.63) is 83.9 Å². The summed E-state index contributed by atoms with van der Waals surface area (Å²) in [5.74, 6) is 0.324. The van der Waals surface area contributed by atoms with Crippen molar-refractivity contribution in [3.63, 3.8) is 0 Å². The molecule has 4 rings (SSSR count). The molecule has 2 heteroatoms. The third-order valence-electron chi connectivity index (χ3n) is 4.64. The average Bonchev–Trinajstić information content (AvgIpc) is 2.88. The van der Waals surface area contributed by atoms with E-state index in [-0.39, 0.29) is 6.10 Å². The van der Waals surface area contributed by atoms with Crippen molar-refractivity contribution in [2.24, 2.45) is 0 Å². The highest BCUT2D eigenvalue weighted by molar-refractivity contribution is 5.83. The summed E-state index contributed by atoms with van der Waals surface area (Å²) in [5, 5.41) is 6.10. The first-order chi connectivity index (χ1) is 11.4. The van der Waals surface area contributed by atoms with Crippen molar-refractivity contribution in [1.82, 2.24) is 5.32 Å². The van der Waals surface area contributed by atoms with Crippen LogP contribution in [0.25, 0.3) is 10.8 Å². The van der Waals surface area contributed by atoms with Gasteiger partial charge in [0.1, 0.15) is 0 Å². The van der Waals surface area contributed by atoms with E-state index < -0.39 is 0 Å². The lowest BCUT2D eigenvalue weighted by Gasteiger charge is -2.26. The van der Waals surface area contributed by atoms with Crippen molar-refractivity contribution in [1.29, 1.82) is 0 Å². The van der Waals surface area contributed by atoms with Gasteiger partial charge in [-0.05, 0) is 21.9 Å². The van der Waals surface area contributed by atoms with Gasteiger partial charge in [-0.25, -0.2) is 0 Å². The van der Waals surface area contributed by atoms with Crippen LogP contribution in [0.5, 0.6) is 0 Å². The standard InChI is InChI=1S/C21H21NO/c1-2-7-17(8-3-1)21-20(15-22-12-13-23-21)19-11-10-16-6-4-5-9-18(16)14-19/h1-11,14,20-22H,12-13,15H2/t20-,21?/m0/s1. The molecule has 23 heavy (non-hydrogen) atoms. The van der Waals surface area contributed by atoms with E-state index in [9.17, 15) is 0 Å². The number of hydrogen-bond acceptors (Lipinski definition) is 2. The minimum absolute atomic E-state index is 0.104. The quantitative estimate of drug-likeness (QED) is 0.763. The predicted octanol–water partition coefficient (Wildman–Crippen LogP) is 4.28. The average molecular weight is 303 g/mol. The van der Waals surface area contributed by atoms with E-state index in [1.807, 2.05) is 0 Å². The Bertz CT molecular complexity index is 784. The summed E-state index contributed by atoms with van der Waals surface area (Å²) in [6.45, 7) is 2.61. The molecule has 0 amide bonds. The number of ether oxygens (including phenoxy) is 1. The Labute approximate surface area is 137 Å². The highest BCUT2D eigenvalue weighted by Gasteiger charge is 2.27. The third-order valence-corrected chi connectivity index (χ3v) is 4.64. The Morgan fingerprint density at radius 1 is 0.783 bits per heavy atom. The van der Waals surface area contributed by atoms with Crippen molar-refractivity contribution in [2.75, 3.05) is 19.7 Å². The molecule has 0 radical (unpaired) electrons. The maximum atomic E-state index is 6.21. The molecule has 1 unspecified atom stereocenters. The summed E-state index contributed by atoms with van der Waals surface area (Å²) >= 11 is 0. The second kappa shape index (κ2) is 6.53. The van der Waals surface area contributed by atoms with Gasteiger partial charge in [-0.15, -0.1) is 0 Å². The zero-order chi connectivity index (χ0) is 15.5. The van der Waals surface area contributed by atoms with E-state index in [0.29, 0.717) is 5.92 Å². The first-order valence-corrected chi connectivity index (χ1v) is 8.28. The summed E-state index contributed by atoms with van der Waals surface area (Å²) in [6, 6.07) is 25.9. The molecule has 1 saturated heterocycles. The van der Waals surface area contributed by atoms with Gasteiger partial charge in [-0.2, -0.15) is 0 Å². The van der Waals surface area contributed by atoms with Crippen LogP contribution in [0.15, 0.2) is 72.8 Å². The first-order valence-electron chi connectivity index (χ1n) is 8.28. The van der Waals surface area contributed by atoms with Gasteiger partial charge in [0, 0.05) is 19.0 Å². The molecule has 3 aromatic rings. The van der Waals surface area contributed by atoms with Gasteiger partial charge in [0.05, 0.1) is 12.7 Å². The van der Waals surface area contributed by atoms with Gasteiger partial charge in [0.2, 0.25) is 0 Å². The fourth-order valence-corrected chi connectivity index (χ4v) is 3.44. The Kier molecular flexibility index (Phi) is 4.10. The summed E-state index contributed by atoms with van der Waals surface area (Å²) in [4.78, 5) is 0. The van der Waals surface area contributed by atoms with Crippen LogP contribution in [0.3, 0.4) is 0 Å². The third kappa shape index (κ3) is 3.00. The van der Waals surface area contributed by atoms with Gasteiger partial charge in [-0.3, -0.25) is 0 Å². The fourth-order valence-electron chi connectivity index (χ4n) is 3.44. The molecular formula is C21H21NO. The first kappa shape index (κ1) is 14.4. The van der Waals surface area contributed by atoms with Crippen LogP contribution >= 0.6 is 0 Å². The molecule has 2 atom stereocenters. The molecule has 0 aliphatic carbocycles. The smallest absolute Gasteiger partial charge is 0.0906 e. The van der Waals surface area contributed by atoms with Gasteiger partial charge >= 0.3 is 0 Å². The van der Waals surface area contributed by atoms with Crippen molar-refractivity contribution >= 4 is 10.8 Å². The van der Waals surface area contributed by atoms with Gasteiger partial charge in [0.25, 0.3) is 0 Å². The normalized spacial score (nSPS) is 21.9. The highest BCUT2D eigenvalue weighted by atomic mass is 16.5. The van der Waals surface area contributed by atoms with Crippen LogP contribution < -0.4 is 5.32 Å². The van der Waals surface area contributed by atoms with Gasteiger partial charge in [-0.1, -0.05) is 72.8 Å². The molecule has 0 saturated carbocycles. The van der Waals surface area contributed by atoms with Crippen LogP contribution in [-0.2, 0) is 4.74 Å².